The normalized spacial score (nSPS) is 10.9. The number of fused-ring (bicyclic) bond motifs is 1. The van der Waals surface area contributed by atoms with Crippen molar-refractivity contribution in [2.45, 2.75) is 18.5 Å². The molecule has 2 aromatic heterocycles. The highest BCUT2D eigenvalue weighted by Crippen LogP contribution is 2.25. The minimum atomic E-state index is -0.341. The summed E-state index contributed by atoms with van der Waals surface area (Å²) in [6.45, 7) is 2.10. The van der Waals surface area contributed by atoms with E-state index in [4.69, 9.17) is 4.74 Å². The molecule has 0 saturated heterocycles. The first-order chi connectivity index (χ1) is 15.1. The summed E-state index contributed by atoms with van der Waals surface area (Å²) in [5.74, 6) is 0.446. The predicted octanol–water partition coefficient (Wildman–Crippen LogP) is 3.39. The monoisotopic (exact) mass is 435 g/mol. The van der Waals surface area contributed by atoms with Crippen LogP contribution in [0.3, 0.4) is 0 Å². The van der Waals surface area contributed by atoms with Crippen LogP contribution < -0.4 is 15.6 Å². The van der Waals surface area contributed by atoms with E-state index in [1.54, 1.807) is 25.3 Å². The smallest absolute Gasteiger partial charge is 0.290 e. The predicted molar refractivity (Wildman–Crippen MR) is 121 cm³/mol. The maximum atomic E-state index is 12.4. The van der Waals surface area contributed by atoms with Crippen molar-refractivity contribution in [3.8, 4) is 17.0 Å². The molecule has 4 rings (SSSR count). The quantitative estimate of drug-likeness (QED) is 0.432. The molecule has 158 valence electrons. The number of nitrogens with zero attached hydrogens (tertiary/aromatic N) is 3. The zero-order valence-electron chi connectivity index (χ0n) is 17.1. The third-order valence-corrected chi connectivity index (χ3v) is 5.68. The molecular weight excluding hydrogens is 414 g/mol. The average Bonchev–Trinajstić information content (AvgIpc) is 3.26. The van der Waals surface area contributed by atoms with Crippen LogP contribution in [0, 0.1) is 0 Å². The summed E-state index contributed by atoms with van der Waals surface area (Å²) in [7, 11) is 1.55. The van der Waals surface area contributed by atoms with Crippen molar-refractivity contribution < 1.29 is 9.53 Å². The Bertz CT molecular complexity index is 1280. The fourth-order valence-corrected chi connectivity index (χ4v) is 3.81. The van der Waals surface area contributed by atoms with Crippen molar-refractivity contribution in [2.75, 3.05) is 18.2 Å². The van der Waals surface area contributed by atoms with Gasteiger partial charge in [0.05, 0.1) is 24.2 Å². The number of nitrogens with one attached hydrogen (secondary N) is 2. The number of benzene rings is 2. The highest BCUT2D eigenvalue weighted by Gasteiger charge is 2.14. The van der Waals surface area contributed by atoms with Gasteiger partial charge >= 0.3 is 0 Å². The number of aryl methyl sites for hydroxylation is 1. The molecule has 2 heterocycles. The number of H-pyrrole nitrogens is 1. The Hall–Kier alpha value is -3.59. The molecular formula is C22H21N5O3S. The molecule has 31 heavy (non-hydrogen) atoms. The SMILES string of the molecule is CCc1ccc(-c2cc3c(=O)[nH]nc(SCC(=O)Nc4ccccc4OC)n3n2)cc1. The van der Waals surface area contributed by atoms with Crippen molar-refractivity contribution in [1.29, 1.82) is 0 Å². The molecule has 0 fully saturated rings. The molecule has 0 radical (unpaired) electrons. The minimum absolute atomic E-state index is 0.0899. The van der Waals surface area contributed by atoms with Gasteiger partial charge in [0.15, 0.2) is 0 Å². The first kappa shape index (κ1) is 20.7. The Kier molecular flexibility index (Phi) is 6.03. The second-order valence-corrected chi connectivity index (χ2v) is 7.69. The van der Waals surface area contributed by atoms with Crippen LogP contribution in [0.2, 0.25) is 0 Å². The number of hydrogen-bond donors (Lipinski definition) is 2. The number of carbonyl (C=O) groups is 1. The average molecular weight is 436 g/mol. The number of aromatic nitrogens is 4. The largest absolute Gasteiger partial charge is 0.495 e. The van der Waals surface area contributed by atoms with E-state index < -0.39 is 0 Å². The fraction of sp³-hybridized carbons (Fsp3) is 0.182. The topological polar surface area (TPSA) is 101 Å². The summed E-state index contributed by atoms with van der Waals surface area (Å²) in [6.07, 6.45) is 0.951. The Balaban J connectivity index is 1.55. The first-order valence-electron chi connectivity index (χ1n) is 9.72. The van der Waals surface area contributed by atoms with E-state index in [-0.39, 0.29) is 17.2 Å². The molecule has 0 aliphatic heterocycles. The fourth-order valence-electron chi connectivity index (χ4n) is 3.10. The van der Waals surface area contributed by atoms with Gasteiger partial charge in [0.2, 0.25) is 11.1 Å². The van der Waals surface area contributed by atoms with E-state index in [2.05, 4.69) is 27.5 Å². The van der Waals surface area contributed by atoms with Gasteiger partial charge in [0, 0.05) is 5.56 Å². The Morgan fingerprint density at radius 2 is 1.97 bits per heavy atom. The summed E-state index contributed by atoms with van der Waals surface area (Å²) in [6, 6.07) is 17.0. The van der Waals surface area contributed by atoms with Crippen LogP contribution in [0.5, 0.6) is 5.75 Å². The van der Waals surface area contributed by atoms with Crippen LogP contribution in [0.4, 0.5) is 5.69 Å². The Morgan fingerprint density at radius 3 is 2.71 bits per heavy atom. The van der Waals surface area contributed by atoms with Gasteiger partial charge in [-0.05, 0) is 30.2 Å². The van der Waals surface area contributed by atoms with E-state index in [9.17, 15) is 9.59 Å². The number of anilines is 1. The summed E-state index contributed by atoms with van der Waals surface area (Å²) >= 11 is 1.18. The third kappa shape index (κ3) is 4.46. The number of hydrogen-bond acceptors (Lipinski definition) is 6. The second-order valence-electron chi connectivity index (χ2n) is 6.75. The molecule has 0 bridgehead atoms. The van der Waals surface area contributed by atoms with Crippen LogP contribution in [0.15, 0.2) is 64.5 Å². The summed E-state index contributed by atoms with van der Waals surface area (Å²) in [5.41, 5.74) is 3.42. The Morgan fingerprint density at radius 1 is 1.19 bits per heavy atom. The van der Waals surface area contributed by atoms with Crippen LogP contribution >= 0.6 is 11.8 Å². The number of aromatic amines is 1. The molecule has 2 N–H and O–H groups in total. The molecule has 8 nitrogen and oxygen atoms in total. The molecule has 0 atom stereocenters. The van der Waals surface area contributed by atoms with Gasteiger partial charge in [-0.3, -0.25) is 9.59 Å². The highest BCUT2D eigenvalue weighted by molar-refractivity contribution is 7.99. The van der Waals surface area contributed by atoms with Crippen molar-refractivity contribution in [3.05, 3.63) is 70.5 Å². The maximum Gasteiger partial charge on any atom is 0.290 e. The van der Waals surface area contributed by atoms with E-state index >= 15 is 0 Å². The molecule has 4 aromatic rings. The molecule has 0 saturated carbocycles. The van der Waals surface area contributed by atoms with E-state index in [0.29, 0.717) is 27.8 Å². The van der Waals surface area contributed by atoms with Crippen LogP contribution in [-0.4, -0.2) is 38.6 Å². The molecule has 1 amide bonds. The van der Waals surface area contributed by atoms with E-state index in [1.165, 1.54) is 21.8 Å². The van der Waals surface area contributed by atoms with Crippen molar-refractivity contribution in [2.24, 2.45) is 0 Å². The second kappa shape index (κ2) is 9.05. The first-order valence-corrected chi connectivity index (χ1v) is 10.7. The number of rotatable bonds is 7. The molecule has 2 aromatic carbocycles. The number of methoxy groups -OCH3 is 1. The van der Waals surface area contributed by atoms with Crippen LogP contribution in [-0.2, 0) is 11.2 Å². The van der Waals surface area contributed by atoms with Gasteiger partial charge < -0.3 is 10.1 Å². The zero-order valence-corrected chi connectivity index (χ0v) is 17.9. The van der Waals surface area contributed by atoms with Gasteiger partial charge in [0.1, 0.15) is 11.3 Å². The number of carbonyl (C=O) groups excluding carboxylic acids is 1. The number of ether oxygens (including phenoxy) is 1. The van der Waals surface area contributed by atoms with Crippen LogP contribution in [0.25, 0.3) is 16.8 Å². The zero-order chi connectivity index (χ0) is 21.8. The van der Waals surface area contributed by atoms with Gasteiger partial charge in [-0.15, -0.1) is 5.10 Å². The van der Waals surface area contributed by atoms with Gasteiger partial charge in [-0.2, -0.15) is 5.10 Å². The maximum absolute atomic E-state index is 12.4. The lowest BCUT2D eigenvalue weighted by Gasteiger charge is -2.09. The third-order valence-electron chi connectivity index (χ3n) is 4.75. The standard InChI is InChI=1S/C22H21N5O3S/c1-3-14-8-10-15(11-9-14)17-12-18-21(29)24-25-22(27(18)26-17)31-13-20(28)23-16-6-4-5-7-19(16)30-2/h4-12H,3,13H2,1-2H3,(H,23,28)(H,24,29). The Labute approximate surface area is 182 Å². The van der Waals surface area contributed by atoms with Crippen molar-refractivity contribution in [1.82, 2.24) is 19.8 Å². The minimum Gasteiger partial charge on any atom is -0.495 e. The molecule has 9 heteroatoms. The molecule has 0 unspecified atom stereocenters. The van der Waals surface area contributed by atoms with E-state index in [0.717, 1.165) is 12.0 Å². The van der Waals surface area contributed by atoms with Gasteiger partial charge in [-0.25, -0.2) is 9.61 Å². The van der Waals surface area contributed by atoms with Gasteiger partial charge in [0.25, 0.3) is 5.56 Å². The van der Waals surface area contributed by atoms with Crippen molar-refractivity contribution >= 4 is 28.9 Å². The molecule has 0 spiro atoms. The lowest BCUT2D eigenvalue weighted by Crippen LogP contribution is -2.17. The number of thioether (sulfide) groups is 1. The highest BCUT2D eigenvalue weighted by atomic mass is 32.2. The summed E-state index contributed by atoms with van der Waals surface area (Å²) < 4.78 is 6.73. The molecule has 0 aliphatic carbocycles. The van der Waals surface area contributed by atoms with Crippen LogP contribution in [0.1, 0.15) is 12.5 Å². The number of para-hydroxylation sites is 2. The summed E-state index contributed by atoms with van der Waals surface area (Å²) in [4.78, 5) is 24.7. The van der Waals surface area contributed by atoms with Gasteiger partial charge in [-0.1, -0.05) is 55.1 Å². The lowest BCUT2D eigenvalue weighted by atomic mass is 10.1. The summed E-state index contributed by atoms with van der Waals surface area (Å²) in [5, 5.41) is 14.3. The van der Waals surface area contributed by atoms with E-state index in [1.807, 2.05) is 36.4 Å². The lowest BCUT2D eigenvalue weighted by molar-refractivity contribution is -0.113. The van der Waals surface area contributed by atoms with Crippen molar-refractivity contribution in [3.63, 3.8) is 0 Å². The molecule has 0 aliphatic rings. The number of amides is 1.